The van der Waals surface area contributed by atoms with Gasteiger partial charge < -0.3 is 15.5 Å². The number of aromatic nitrogens is 1. The van der Waals surface area contributed by atoms with Crippen LogP contribution in [-0.2, 0) is 4.79 Å². The number of pyridine rings is 1. The molecule has 3 amide bonds. The number of carbonyl (C=O) groups excluding carboxylic acids is 3. The molecule has 0 spiro atoms. The fourth-order valence-corrected chi connectivity index (χ4v) is 2.45. The Morgan fingerprint density at radius 1 is 1.00 bits per heavy atom. The quantitative estimate of drug-likeness (QED) is 0.834. The van der Waals surface area contributed by atoms with Crippen molar-refractivity contribution in [3.8, 4) is 0 Å². The van der Waals surface area contributed by atoms with E-state index in [9.17, 15) is 14.4 Å². The summed E-state index contributed by atoms with van der Waals surface area (Å²) < 4.78 is 0. The minimum Gasteiger partial charge on any atom is -0.339 e. The summed E-state index contributed by atoms with van der Waals surface area (Å²) in [5.41, 5.74) is 1.66. The monoisotopic (exact) mass is 354 g/mol. The lowest BCUT2D eigenvalue weighted by atomic mass is 10.2. The molecule has 26 heavy (non-hydrogen) atoms. The molecule has 0 atom stereocenters. The van der Waals surface area contributed by atoms with Crippen molar-refractivity contribution in [3.63, 3.8) is 0 Å². The average Bonchev–Trinajstić information content (AvgIpc) is 2.62. The minimum atomic E-state index is -0.431. The number of rotatable bonds is 6. The smallest absolute Gasteiger partial charge is 0.274 e. The Balaban J connectivity index is 2.16. The van der Waals surface area contributed by atoms with Crippen molar-refractivity contribution in [2.75, 3.05) is 23.7 Å². The first-order valence-corrected chi connectivity index (χ1v) is 8.39. The van der Waals surface area contributed by atoms with Crippen LogP contribution < -0.4 is 10.6 Å². The highest BCUT2D eigenvalue weighted by molar-refractivity contribution is 6.05. The average molecular weight is 354 g/mol. The van der Waals surface area contributed by atoms with Gasteiger partial charge in [-0.2, -0.15) is 0 Å². The molecule has 0 aliphatic carbocycles. The van der Waals surface area contributed by atoms with Gasteiger partial charge >= 0.3 is 0 Å². The van der Waals surface area contributed by atoms with Crippen molar-refractivity contribution in [3.05, 3.63) is 53.9 Å². The van der Waals surface area contributed by atoms with E-state index in [0.29, 0.717) is 30.0 Å². The number of nitrogens with one attached hydrogen (secondary N) is 2. The Morgan fingerprint density at radius 2 is 1.65 bits per heavy atom. The van der Waals surface area contributed by atoms with Crippen LogP contribution in [0.25, 0.3) is 0 Å². The van der Waals surface area contributed by atoms with Gasteiger partial charge in [0, 0.05) is 43.1 Å². The highest BCUT2D eigenvalue weighted by Gasteiger charge is 2.16. The number of nitrogens with zero attached hydrogens (tertiary/aromatic N) is 2. The van der Waals surface area contributed by atoms with Crippen LogP contribution in [0.3, 0.4) is 0 Å². The molecule has 0 bridgehead atoms. The second-order valence-electron chi connectivity index (χ2n) is 5.62. The predicted molar refractivity (Wildman–Crippen MR) is 100 cm³/mol. The largest absolute Gasteiger partial charge is 0.339 e. The summed E-state index contributed by atoms with van der Waals surface area (Å²) in [6.07, 6.45) is 1.44. The second kappa shape index (κ2) is 8.75. The van der Waals surface area contributed by atoms with E-state index in [1.807, 2.05) is 13.8 Å². The third-order valence-electron chi connectivity index (χ3n) is 3.73. The molecule has 1 aromatic heterocycles. The van der Waals surface area contributed by atoms with Crippen LogP contribution in [0.15, 0.2) is 42.6 Å². The van der Waals surface area contributed by atoms with E-state index in [1.165, 1.54) is 19.2 Å². The van der Waals surface area contributed by atoms with Crippen LogP contribution in [0.5, 0.6) is 0 Å². The Bertz CT molecular complexity index is 816. The molecule has 2 rings (SSSR count). The molecule has 0 fully saturated rings. The molecule has 2 N–H and O–H groups in total. The summed E-state index contributed by atoms with van der Waals surface area (Å²) in [5, 5.41) is 5.37. The van der Waals surface area contributed by atoms with E-state index in [-0.39, 0.29) is 17.5 Å². The molecule has 136 valence electrons. The Hall–Kier alpha value is -3.22. The Morgan fingerprint density at radius 3 is 2.27 bits per heavy atom. The van der Waals surface area contributed by atoms with Crippen LogP contribution in [0.2, 0.25) is 0 Å². The van der Waals surface area contributed by atoms with E-state index in [2.05, 4.69) is 15.6 Å². The van der Waals surface area contributed by atoms with E-state index in [0.717, 1.165) is 0 Å². The molecule has 0 unspecified atom stereocenters. The Kier molecular flexibility index (Phi) is 6.43. The molecule has 0 radical (unpaired) electrons. The number of carbonyl (C=O) groups is 3. The number of hydrogen-bond acceptors (Lipinski definition) is 4. The van der Waals surface area contributed by atoms with Crippen LogP contribution in [0.1, 0.15) is 41.6 Å². The maximum Gasteiger partial charge on any atom is 0.274 e. The zero-order chi connectivity index (χ0) is 19.1. The molecule has 7 heteroatoms. The summed E-state index contributed by atoms with van der Waals surface area (Å²) in [4.78, 5) is 41.7. The van der Waals surface area contributed by atoms with Gasteiger partial charge in [0.2, 0.25) is 5.91 Å². The zero-order valence-corrected chi connectivity index (χ0v) is 15.1. The predicted octanol–water partition coefficient (Wildman–Crippen LogP) is 2.77. The molecule has 0 saturated carbocycles. The molecule has 0 saturated heterocycles. The van der Waals surface area contributed by atoms with Gasteiger partial charge in [-0.3, -0.25) is 19.4 Å². The Labute approximate surface area is 152 Å². The maximum absolute atomic E-state index is 12.4. The molecule has 1 heterocycles. The van der Waals surface area contributed by atoms with Gasteiger partial charge in [-0.15, -0.1) is 0 Å². The van der Waals surface area contributed by atoms with E-state index in [1.54, 1.807) is 35.2 Å². The lowest BCUT2D eigenvalue weighted by Gasteiger charge is -2.18. The number of hydrogen-bond donors (Lipinski definition) is 2. The van der Waals surface area contributed by atoms with Crippen molar-refractivity contribution in [1.82, 2.24) is 9.88 Å². The maximum atomic E-state index is 12.4. The molecule has 7 nitrogen and oxygen atoms in total. The summed E-state index contributed by atoms with van der Waals surface area (Å²) in [6, 6.07) is 9.86. The number of anilines is 2. The molecule has 0 aliphatic rings. The lowest BCUT2D eigenvalue weighted by molar-refractivity contribution is -0.114. The first-order valence-electron chi connectivity index (χ1n) is 8.39. The van der Waals surface area contributed by atoms with Crippen molar-refractivity contribution in [1.29, 1.82) is 0 Å². The van der Waals surface area contributed by atoms with Gasteiger partial charge in [0.15, 0.2) is 0 Å². The summed E-state index contributed by atoms with van der Waals surface area (Å²) in [5.74, 6) is -0.768. The first kappa shape index (κ1) is 19.1. The lowest BCUT2D eigenvalue weighted by Crippen LogP contribution is -2.30. The topological polar surface area (TPSA) is 91.4 Å². The van der Waals surface area contributed by atoms with E-state index in [4.69, 9.17) is 0 Å². The molecule has 0 aliphatic heterocycles. The van der Waals surface area contributed by atoms with Crippen LogP contribution >= 0.6 is 0 Å². The van der Waals surface area contributed by atoms with Crippen molar-refractivity contribution in [2.45, 2.75) is 20.8 Å². The fourth-order valence-electron chi connectivity index (χ4n) is 2.45. The summed E-state index contributed by atoms with van der Waals surface area (Å²) >= 11 is 0. The van der Waals surface area contributed by atoms with Gasteiger partial charge in [-0.1, -0.05) is 6.07 Å². The highest BCUT2D eigenvalue weighted by atomic mass is 16.2. The van der Waals surface area contributed by atoms with Gasteiger partial charge in [0.25, 0.3) is 11.8 Å². The van der Waals surface area contributed by atoms with E-state index < -0.39 is 5.91 Å². The minimum absolute atomic E-state index is 0.140. The standard InChI is InChI=1S/C19H22N4O3/c1-4-23(5-2)19(26)14-9-10-20-17(11-14)18(25)22-16-8-6-7-15(12-16)21-13(3)24/h6-12H,4-5H2,1-3H3,(H,21,24)(H,22,25). The highest BCUT2D eigenvalue weighted by Crippen LogP contribution is 2.16. The third-order valence-corrected chi connectivity index (χ3v) is 3.73. The van der Waals surface area contributed by atoms with Crippen LogP contribution in [-0.4, -0.2) is 40.7 Å². The normalized spacial score (nSPS) is 10.1. The molecule has 1 aromatic carbocycles. The van der Waals surface area contributed by atoms with Crippen molar-refractivity contribution >= 4 is 29.1 Å². The van der Waals surface area contributed by atoms with Gasteiger partial charge in [-0.05, 0) is 44.2 Å². The number of amides is 3. The van der Waals surface area contributed by atoms with Crippen LogP contribution in [0, 0.1) is 0 Å². The van der Waals surface area contributed by atoms with Crippen LogP contribution in [0.4, 0.5) is 11.4 Å². The molecular weight excluding hydrogens is 332 g/mol. The molecular formula is C19H22N4O3. The van der Waals surface area contributed by atoms with Gasteiger partial charge in [0.1, 0.15) is 5.69 Å². The van der Waals surface area contributed by atoms with Gasteiger partial charge in [-0.25, -0.2) is 0 Å². The van der Waals surface area contributed by atoms with Gasteiger partial charge in [0.05, 0.1) is 0 Å². The number of benzene rings is 1. The summed E-state index contributed by atoms with van der Waals surface area (Å²) in [6.45, 7) is 6.40. The first-order chi connectivity index (χ1) is 12.4. The third kappa shape index (κ3) is 4.89. The zero-order valence-electron chi connectivity index (χ0n) is 15.1. The fraction of sp³-hybridized carbons (Fsp3) is 0.263. The van der Waals surface area contributed by atoms with E-state index >= 15 is 0 Å². The van der Waals surface area contributed by atoms with Crippen molar-refractivity contribution in [2.24, 2.45) is 0 Å². The SMILES string of the molecule is CCN(CC)C(=O)c1ccnc(C(=O)Nc2cccc(NC(C)=O)c2)c1. The second-order valence-corrected chi connectivity index (χ2v) is 5.62. The molecule has 2 aromatic rings. The van der Waals surface area contributed by atoms with Crippen molar-refractivity contribution < 1.29 is 14.4 Å². The summed E-state index contributed by atoms with van der Waals surface area (Å²) in [7, 11) is 0.